The molecule has 2 aromatic heterocycles. The Hall–Kier alpha value is -2.95. The Kier molecular flexibility index (Phi) is 3.61. The fourth-order valence-corrected chi connectivity index (χ4v) is 3.00. The first kappa shape index (κ1) is 14.6. The highest BCUT2D eigenvalue weighted by atomic mass is 15.3. The Morgan fingerprint density at radius 1 is 1.00 bits per heavy atom. The van der Waals surface area contributed by atoms with Crippen LogP contribution in [0.2, 0.25) is 0 Å². The van der Waals surface area contributed by atoms with E-state index < -0.39 is 0 Å². The summed E-state index contributed by atoms with van der Waals surface area (Å²) in [5.41, 5.74) is 3.95. The van der Waals surface area contributed by atoms with Crippen LogP contribution >= 0.6 is 0 Å². The summed E-state index contributed by atoms with van der Waals surface area (Å²) in [6, 6.07) is 18.6. The molecule has 0 bridgehead atoms. The van der Waals surface area contributed by atoms with Crippen molar-refractivity contribution < 1.29 is 0 Å². The highest BCUT2D eigenvalue weighted by Crippen LogP contribution is 2.25. The van der Waals surface area contributed by atoms with E-state index in [0.29, 0.717) is 0 Å². The lowest BCUT2D eigenvalue weighted by Crippen LogP contribution is -2.10. The summed E-state index contributed by atoms with van der Waals surface area (Å²) >= 11 is 0. The maximum atomic E-state index is 4.78. The van der Waals surface area contributed by atoms with Crippen LogP contribution in [-0.2, 0) is 6.42 Å². The standard InChI is InChI=1S/C19H19N5/c1-3-17-22-23-19-18(20-13(2)14-9-5-4-6-10-14)21-15-11-7-8-12-16(15)24(17)19/h4-13H,3H2,1-2H3,(H,20,21)/t13-/m1/s1. The predicted molar refractivity (Wildman–Crippen MR) is 96.1 cm³/mol. The zero-order valence-electron chi connectivity index (χ0n) is 13.8. The molecule has 24 heavy (non-hydrogen) atoms. The van der Waals surface area contributed by atoms with Gasteiger partial charge < -0.3 is 5.32 Å². The molecule has 0 aliphatic heterocycles. The molecule has 2 aromatic carbocycles. The average molecular weight is 317 g/mol. The SMILES string of the molecule is CCc1nnc2c(N[C@H](C)c3ccccc3)nc3ccccc3n12. The van der Waals surface area contributed by atoms with Crippen LogP contribution in [0.4, 0.5) is 5.82 Å². The Labute approximate surface area is 140 Å². The largest absolute Gasteiger partial charge is 0.360 e. The van der Waals surface area contributed by atoms with Gasteiger partial charge in [-0.15, -0.1) is 10.2 Å². The molecular weight excluding hydrogens is 298 g/mol. The normalized spacial score (nSPS) is 12.6. The van der Waals surface area contributed by atoms with Gasteiger partial charge in [-0.25, -0.2) is 4.98 Å². The molecule has 0 fully saturated rings. The van der Waals surface area contributed by atoms with Gasteiger partial charge in [-0.3, -0.25) is 4.40 Å². The van der Waals surface area contributed by atoms with Crippen molar-refractivity contribution in [3.8, 4) is 0 Å². The third-order valence-electron chi connectivity index (χ3n) is 4.27. The Bertz CT molecular complexity index is 991. The van der Waals surface area contributed by atoms with Gasteiger partial charge in [0.05, 0.1) is 17.1 Å². The molecule has 4 rings (SSSR count). The van der Waals surface area contributed by atoms with Crippen LogP contribution in [0.1, 0.15) is 31.3 Å². The molecule has 4 aromatic rings. The second kappa shape index (κ2) is 5.92. The Balaban J connectivity index is 1.86. The van der Waals surface area contributed by atoms with E-state index >= 15 is 0 Å². The van der Waals surface area contributed by atoms with Crippen molar-refractivity contribution in [3.05, 3.63) is 66.0 Å². The molecule has 0 aliphatic rings. The molecule has 0 saturated heterocycles. The van der Waals surface area contributed by atoms with Gasteiger partial charge in [-0.1, -0.05) is 49.4 Å². The van der Waals surface area contributed by atoms with E-state index in [0.717, 1.165) is 34.7 Å². The maximum Gasteiger partial charge on any atom is 0.204 e. The first-order valence-electron chi connectivity index (χ1n) is 8.22. The minimum absolute atomic E-state index is 0.130. The van der Waals surface area contributed by atoms with E-state index in [4.69, 9.17) is 4.98 Å². The number of hydrogen-bond acceptors (Lipinski definition) is 4. The summed E-state index contributed by atoms with van der Waals surface area (Å²) in [7, 11) is 0. The first-order chi connectivity index (χ1) is 11.8. The lowest BCUT2D eigenvalue weighted by Gasteiger charge is -2.16. The van der Waals surface area contributed by atoms with E-state index in [1.807, 2.05) is 36.4 Å². The van der Waals surface area contributed by atoms with Crippen LogP contribution in [0.3, 0.4) is 0 Å². The van der Waals surface area contributed by atoms with Crippen LogP contribution in [-0.4, -0.2) is 19.6 Å². The van der Waals surface area contributed by atoms with Crippen molar-refractivity contribution in [1.82, 2.24) is 19.6 Å². The fourth-order valence-electron chi connectivity index (χ4n) is 3.00. The molecule has 0 unspecified atom stereocenters. The van der Waals surface area contributed by atoms with Crippen LogP contribution in [0.5, 0.6) is 0 Å². The van der Waals surface area contributed by atoms with E-state index in [-0.39, 0.29) is 6.04 Å². The molecule has 0 amide bonds. The summed E-state index contributed by atoms with van der Waals surface area (Å²) in [5.74, 6) is 1.70. The zero-order chi connectivity index (χ0) is 16.5. The molecule has 0 aliphatic carbocycles. The van der Waals surface area contributed by atoms with Crippen molar-refractivity contribution in [2.75, 3.05) is 5.32 Å². The fraction of sp³-hybridized carbons (Fsp3) is 0.211. The lowest BCUT2D eigenvalue weighted by atomic mass is 10.1. The van der Waals surface area contributed by atoms with Gasteiger partial charge in [0.25, 0.3) is 0 Å². The zero-order valence-corrected chi connectivity index (χ0v) is 13.8. The number of benzene rings is 2. The van der Waals surface area contributed by atoms with Crippen LogP contribution < -0.4 is 5.32 Å². The van der Waals surface area contributed by atoms with Gasteiger partial charge in [-0.2, -0.15) is 0 Å². The number of rotatable bonds is 4. The van der Waals surface area contributed by atoms with E-state index in [2.05, 4.69) is 52.0 Å². The molecule has 5 heteroatoms. The highest BCUT2D eigenvalue weighted by Gasteiger charge is 2.15. The summed E-state index contributed by atoms with van der Waals surface area (Å²) in [6.45, 7) is 4.21. The van der Waals surface area contributed by atoms with Gasteiger partial charge in [0.1, 0.15) is 5.82 Å². The molecule has 0 spiro atoms. The number of fused-ring (bicyclic) bond motifs is 3. The lowest BCUT2D eigenvalue weighted by molar-refractivity contribution is 0.875. The van der Waals surface area contributed by atoms with Crippen LogP contribution in [0.15, 0.2) is 54.6 Å². The number of nitrogens with zero attached hydrogens (tertiary/aromatic N) is 4. The molecular formula is C19H19N5. The molecule has 2 heterocycles. The second-order valence-electron chi connectivity index (χ2n) is 5.85. The molecule has 5 nitrogen and oxygen atoms in total. The number of para-hydroxylation sites is 2. The van der Waals surface area contributed by atoms with E-state index in [1.165, 1.54) is 5.56 Å². The maximum absolute atomic E-state index is 4.78. The topological polar surface area (TPSA) is 55.1 Å². The molecule has 0 saturated carbocycles. The van der Waals surface area contributed by atoms with E-state index in [9.17, 15) is 0 Å². The van der Waals surface area contributed by atoms with Gasteiger partial charge >= 0.3 is 0 Å². The minimum atomic E-state index is 0.130. The summed E-state index contributed by atoms with van der Waals surface area (Å²) in [6.07, 6.45) is 0.822. The van der Waals surface area contributed by atoms with E-state index in [1.54, 1.807) is 0 Å². The van der Waals surface area contributed by atoms with Crippen molar-refractivity contribution in [1.29, 1.82) is 0 Å². The highest BCUT2D eigenvalue weighted by molar-refractivity contribution is 5.83. The average Bonchev–Trinajstić information content (AvgIpc) is 3.07. The molecule has 0 radical (unpaired) electrons. The van der Waals surface area contributed by atoms with Crippen molar-refractivity contribution in [2.24, 2.45) is 0 Å². The molecule has 1 atom stereocenters. The third kappa shape index (κ3) is 2.38. The summed E-state index contributed by atoms with van der Waals surface area (Å²) < 4.78 is 2.10. The third-order valence-corrected chi connectivity index (χ3v) is 4.27. The number of nitrogens with one attached hydrogen (secondary N) is 1. The van der Waals surface area contributed by atoms with Gasteiger partial charge in [-0.05, 0) is 24.6 Å². The van der Waals surface area contributed by atoms with Crippen molar-refractivity contribution in [2.45, 2.75) is 26.3 Å². The van der Waals surface area contributed by atoms with Gasteiger partial charge in [0.2, 0.25) is 5.65 Å². The van der Waals surface area contributed by atoms with Crippen molar-refractivity contribution >= 4 is 22.5 Å². The van der Waals surface area contributed by atoms with Crippen molar-refractivity contribution in [3.63, 3.8) is 0 Å². The van der Waals surface area contributed by atoms with Crippen LogP contribution in [0.25, 0.3) is 16.7 Å². The second-order valence-corrected chi connectivity index (χ2v) is 5.85. The van der Waals surface area contributed by atoms with Gasteiger partial charge in [0.15, 0.2) is 5.82 Å². The van der Waals surface area contributed by atoms with Gasteiger partial charge in [0, 0.05) is 6.42 Å². The monoisotopic (exact) mass is 317 g/mol. The number of aromatic nitrogens is 4. The minimum Gasteiger partial charge on any atom is -0.360 e. The Morgan fingerprint density at radius 3 is 2.54 bits per heavy atom. The molecule has 1 N–H and O–H groups in total. The molecule has 120 valence electrons. The summed E-state index contributed by atoms with van der Waals surface area (Å²) in [5, 5.41) is 12.2. The number of hydrogen-bond donors (Lipinski definition) is 1. The predicted octanol–water partition coefficient (Wildman–Crippen LogP) is 4.01. The summed E-state index contributed by atoms with van der Waals surface area (Å²) in [4.78, 5) is 4.78. The first-order valence-corrected chi connectivity index (χ1v) is 8.22. The Morgan fingerprint density at radius 2 is 1.75 bits per heavy atom. The number of aryl methyl sites for hydroxylation is 1. The quantitative estimate of drug-likeness (QED) is 0.618. The smallest absolute Gasteiger partial charge is 0.204 e. The van der Waals surface area contributed by atoms with Crippen LogP contribution in [0, 0.1) is 0 Å². The number of anilines is 1.